The molecule has 102 valence electrons. The van der Waals surface area contributed by atoms with E-state index in [1.54, 1.807) is 11.3 Å². The average Bonchev–Trinajstić information content (AvgIpc) is 2.75. The summed E-state index contributed by atoms with van der Waals surface area (Å²) < 4.78 is 6.71. The second-order valence-electron chi connectivity index (χ2n) is 5.25. The smallest absolute Gasteiger partial charge is 0.0701 e. The van der Waals surface area contributed by atoms with E-state index in [-0.39, 0.29) is 12.0 Å². The molecule has 5 heteroatoms. The van der Waals surface area contributed by atoms with Gasteiger partial charge in [-0.05, 0) is 52.8 Å². The zero-order valence-electron chi connectivity index (χ0n) is 10.7. The molecule has 0 spiro atoms. The van der Waals surface area contributed by atoms with Gasteiger partial charge in [0.1, 0.15) is 0 Å². The predicted molar refractivity (Wildman–Crippen MR) is 77.9 cm³/mol. The number of hydrogen-bond donors (Lipinski definition) is 1. The van der Waals surface area contributed by atoms with Gasteiger partial charge in [0.25, 0.3) is 0 Å². The summed E-state index contributed by atoms with van der Waals surface area (Å²) in [4.78, 5) is 2.28. The van der Waals surface area contributed by atoms with Crippen molar-refractivity contribution >= 4 is 27.3 Å². The van der Waals surface area contributed by atoms with Gasteiger partial charge in [-0.2, -0.15) is 0 Å². The monoisotopic (exact) mass is 333 g/mol. The van der Waals surface area contributed by atoms with E-state index in [9.17, 15) is 5.11 Å². The standard InChI is InChI=1S/C13H20BrNO2S/c1-15(6-11-5-12(14)18-7-11)8-13(9-16)3-2-4-17-10-13/h5,7,16H,2-4,6,8-10H2,1H3. The number of ether oxygens (including phenoxy) is 1. The van der Waals surface area contributed by atoms with Crippen LogP contribution in [0.5, 0.6) is 0 Å². The Balaban J connectivity index is 1.90. The lowest BCUT2D eigenvalue weighted by Gasteiger charge is -2.38. The normalized spacial score (nSPS) is 24.7. The van der Waals surface area contributed by atoms with Crippen LogP contribution in [0.3, 0.4) is 0 Å². The number of aliphatic hydroxyl groups excluding tert-OH is 1. The van der Waals surface area contributed by atoms with Crippen LogP contribution >= 0.6 is 27.3 Å². The third-order valence-corrected chi connectivity index (χ3v) is 4.97. The first-order valence-electron chi connectivity index (χ1n) is 6.24. The summed E-state index contributed by atoms with van der Waals surface area (Å²) >= 11 is 5.20. The fourth-order valence-corrected chi connectivity index (χ4v) is 3.78. The first-order valence-corrected chi connectivity index (χ1v) is 7.91. The second kappa shape index (κ2) is 6.48. The molecule has 0 bridgehead atoms. The van der Waals surface area contributed by atoms with Gasteiger partial charge in [-0.3, -0.25) is 0 Å². The van der Waals surface area contributed by atoms with Gasteiger partial charge in [-0.15, -0.1) is 11.3 Å². The Labute approximate surface area is 121 Å². The van der Waals surface area contributed by atoms with Crippen LogP contribution in [-0.2, 0) is 11.3 Å². The summed E-state index contributed by atoms with van der Waals surface area (Å²) in [6.07, 6.45) is 2.11. The minimum Gasteiger partial charge on any atom is -0.396 e. The summed E-state index contributed by atoms with van der Waals surface area (Å²) in [6.45, 7) is 3.54. The Bertz CT molecular complexity index is 377. The molecule has 1 saturated heterocycles. The number of thiophene rings is 1. The molecule has 0 radical (unpaired) electrons. The molecule has 3 nitrogen and oxygen atoms in total. The molecule has 1 N–H and O–H groups in total. The van der Waals surface area contributed by atoms with Gasteiger partial charge in [0.05, 0.1) is 17.0 Å². The van der Waals surface area contributed by atoms with Crippen molar-refractivity contribution in [1.82, 2.24) is 4.90 Å². The number of halogens is 1. The Morgan fingerprint density at radius 3 is 3.00 bits per heavy atom. The highest BCUT2D eigenvalue weighted by Crippen LogP contribution is 2.29. The fraction of sp³-hybridized carbons (Fsp3) is 0.692. The molecule has 1 unspecified atom stereocenters. The van der Waals surface area contributed by atoms with E-state index < -0.39 is 0 Å². The lowest BCUT2D eigenvalue weighted by Crippen LogP contribution is -2.44. The topological polar surface area (TPSA) is 32.7 Å². The van der Waals surface area contributed by atoms with Crippen LogP contribution in [0.4, 0.5) is 0 Å². The molecule has 1 fully saturated rings. The van der Waals surface area contributed by atoms with E-state index in [1.807, 2.05) is 0 Å². The second-order valence-corrected chi connectivity index (χ2v) is 7.54. The van der Waals surface area contributed by atoms with Gasteiger partial charge in [-0.1, -0.05) is 0 Å². The minimum atomic E-state index is -0.0692. The molecular formula is C13H20BrNO2S. The molecule has 0 amide bonds. The molecular weight excluding hydrogens is 314 g/mol. The largest absolute Gasteiger partial charge is 0.396 e. The van der Waals surface area contributed by atoms with Crippen LogP contribution in [0.15, 0.2) is 15.2 Å². The molecule has 1 aromatic rings. The minimum absolute atomic E-state index is 0.0692. The third-order valence-electron chi connectivity index (χ3n) is 3.42. The van der Waals surface area contributed by atoms with Crippen molar-refractivity contribution in [3.05, 3.63) is 20.8 Å². The van der Waals surface area contributed by atoms with Crippen molar-refractivity contribution in [2.24, 2.45) is 5.41 Å². The lowest BCUT2D eigenvalue weighted by atomic mass is 9.83. The van der Waals surface area contributed by atoms with Crippen LogP contribution in [0, 0.1) is 5.41 Å². The molecule has 1 aliphatic rings. The van der Waals surface area contributed by atoms with Crippen molar-refractivity contribution in [1.29, 1.82) is 0 Å². The molecule has 0 saturated carbocycles. The summed E-state index contributed by atoms with van der Waals surface area (Å²) in [5.41, 5.74) is 1.25. The Morgan fingerprint density at radius 1 is 1.61 bits per heavy atom. The molecule has 1 aromatic heterocycles. The van der Waals surface area contributed by atoms with Gasteiger partial charge in [0.2, 0.25) is 0 Å². The van der Waals surface area contributed by atoms with Crippen LogP contribution in [0.2, 0.25) is 0 Å². The zero-order valence-corrected chi connectivity index (χ0v) is 13.1. The van der Waals surface area contributed by atoms with Crippen molar-refractivity contribution in [3.8, 4) is 0 Å². The van der Waals surface area contributed by atoms with Gasteiger partial charge in [0.15, 0.2) is 0 Å². The maximum Gasteiger partial charge on any atom is 0.0701 e. The number of rotatable bonds is 5. The predicted octanol–water partition coefficient (Wildman–Crippen LogP) is 2.73. The van der Waals surface area contributed by atoms with Crippen molar-refractivity contribution in [2.75, 3.05) is 33.4 Å². The first kappa shape index (κ1) is 14.5. The summed E-state index contributed by atoms with van der Waals surface area (Å²) in [5, 5.41) is 11.8. The molecule has 18 heavy (non-hydrogen) atoms. The molecule has 0 aromatic carbocycles. The fourth-order valence-electron chi connectivity index (χ4n) is 2.58. The van der Waals surface area contributed by atoms with E-state index in [2.05, 4.69) is 39.3 Å². The maximum absolute atomic E-state index is 9.65. The van der Waals surface area contributed by atoms with Crippen LogP contribution in [0.1, 0.15) is 18.4 Å². The number of hydrogen-bond acceptors (Lipinski definition) is 4. The van der Waals surface area contributed by atoms with Crippen LogP contribution in [0.25, 0.3) is 0 Å². The molecule has 2 heterocycles. The van der Waals surface area contributed by atoms with Crippen molar-refractivity contribution in [2.45, 2.75) is 19.4 Å². The molecule has 2 rings (SSSR count). The molecule has 0 aliphatic carbocycles. The zero-order chi connectivity index (χ0) is 13.0. The number of nitrogens with zero attached hydrogens (tertiary/aromatic N) is 1. The van der Waals surface area contributed by atoms with Gasteiger partial charge < -0.3 is 14.7 Å². The highest BCUT2D eigenvalue weighted by Gasteiger charge is 2.33. The Morgan fingerprint density at radius 2 is 2.44 bits per heavy atom. The van der Waals surface area contributed by atoms with E-state index in [4.69, 9.17) is 4.74 Å². The third kappa shape index (κ3) is 3.78. The Kier molecular flexibility index (Phi) is 5.21. The van der Waals surface area contributed by atoms with Crippen molar-refractivity contribution in [3.63, 3.8) is 0 Å². The van der Waals surface area contributed by atoms with Gasteiger partial charge in [-0.25, -0.2) is 0 Å². The van der Waals surface area contributed by atoms with Gasteiger partial charge >= 0.3 is 0 Å². The Hall–Kier alpha value is 0.0600. The highest BCUT2D eigenvalue weighted by molar-refractivity contribution is 9.11. The first-order chi connectivity index (χ1) is 8.63. The maximum atomic E-state index is 9.65. The van der Waals surface area contributed by atoms with Gasteiger partial charge in [0, 0.05) is 25.1 Å². The molecule has 1 aliphatic heterocycles. The van der Waals surface area contributed by atoms with E-state index in [0.717, 1.165) is 32.5 Å². The quantitative estimate of drug-likeness (QED) is 0.899. The van der Waals surface area contributed by atoms with E-state index >= 15 is 0 Å². The SMILES string of the molecule is CN(Cc1csc(Br)c1)CC1(CO)CCCOC1. The van der Waals surface area contributed by atoms with Crippen LogP contribution < -0.4 is 0 Å². The van der Waals surface area contributed by atoms with Crippen LogP contribution in [-0.4, -0.2) is 43.4 Å². The van der Waals surface area contributed by atoms with Crippen molar-refractivity contribution < 1.29 is 9.84 Å². The summed E-state index contributed by atoms with van der Waals surface area (Å²) in [5.74, 6) is 0. The highest BCUT2D eigenvalue weighted by atomic mass is 79.9. The van der Waals surface area contributed by atoms with E-state index in [1.165, 1.54) is 9.35 Å². The van der Waals surface area contributed by atoms with E-state index in [0.29, 0.717) is 6.61 Å². The average molecular weight is 334 g/mol. The lowest BCUT2D eigenvalue weighted by molar-refractivity contribution is -0.0531. The summed E-state index contributed by atoms with van der Waals surface area (Å²) in [7, 11) is 2.11. The number of aliphatic hydroxyl groups is 1. The summed E-state index contributed by atoms with van der Waals surface area (Å²) in [6, 6.07) is 2.16. The molecule has 1 atom stereocenters.